The number of hydrogen-bond acceptors (Lipinski definition) is 3. The molecule has 0 aliphatic carbocycles. The van der Waals surface area contributed by atoms with Crippen LogP contribution in [0.15, 0.2) is 53.1 Å². The summed E-state index contributed by atoms with van der Waals surface area (Å²) < 4.78 is 23.9. The lowest BCUT2D eigenvalue weighted by atomic mass is 10.1. The summed E-state index contributed by atoms with van der Waals surface area (Å²) in [4.78, 5) is 12.2. The summed E-state index contributed by atoms with van der Waals surface area (Å²) in [7, 11) is 0. The van der Waals surface area contributed by atoms with Gasteiger partial charge in [0.2, 0.25) is 5.78 Å². The van der Waals surface area contributed by atoms with Crippen molar-refractivity contribution in [1.82, 2.24) is 0 Å². The molecule has 0 spiro atoms. The number of para-hydroxylation sites is 1. The third-order valence-corrected chi connectivity index (χ3v) is 3.29. The molecule has 0 saturated heterocycles. The van der Waals surface area contributed by atoms with Crippen LogP contribution in [-0.4, -0.2) is 12.4 Å². The predicted octanol–water partition coefficient (Wildman–Crippen LogP) is 4.14. The fourth-order valence-electron chi connectivity index (χ4n) is 2.14. The van der Waals surface area contributed by atoms with E-state index >= 15 is 0 Å². The summed E-state index contributed by atoms with van der Waals surface area (Å²) >= 11 is 0. The summed E-state index contributed by atoms with van der Waals surface area (Å²) in [6, 6.07) is 11.5. The first-order valence-electron chi connectivity index (χ1n) is 6.53. The lowest BCUT2D eigenvalue weighted by molar-refractivity contribution is 0.0921. The van der Waals surface area contributed by atoms with Crippen LogP contribution in [0.4, 0.5) is 4.39 Å². The minimum Gasteiger partial charge on any atom is -0.485 e. The van der Waals surface area contributed by atoms with Crippen molar-refractivity contribution < 1.29 is 18.3 Å². The van der Waals surface area contributed by atoms with Crippen molar-refractivity contribution >= 4 is 16.8 Å². The highest BCUT2D eigenvalue weighted by Crippen LogP contribution is 2.22. The van der Waals surface area contributed by atoms with Crippen molar-refractivity contribution in [1.29, 1.82) is 0 Å². The number of carbonyl (C=O) groups is 1. The number of aryl methyl sites for hydroxylation is 1. The summed E-state index contributed by atoms with van der Waals surface area (Å²) in [5.41, 5.74) is 1.91. The van der Waals surface area contributed by atoms with Crippen LogP contribution in [-0.2, 0) is 0 Å². The van der Waals surface area contributed by atoms with E-state index in [2.05, 4.69) is 0 Å². The Morgan fingerprint density at radius 2 is 2.05 bits per heavy atom. The molecule has 0 fully saturated rings. The largest absolute Gasteiger partial charge is 0.485 e. The summed E-state index contributed by atoms with van der Waals surface area (Å²) in [6.07, 6.45) is 1.43. The molecule has 0 aliphatic heterocycles. The Morgan fingerprint density at radius 1 is 1.24 bits per heavy atom. The third kappa shape index (κ3) is 2.65. The highest BCUT2D eigenvalue weighted by Gasteiger charge is 2.14. The van der Waals surface area contributed by atoms with Gasteiger partial charge in [0.1, 0.15) is 23.4 Å². The predicted molar refractivity (Wildman–Crippen MR) is 77.2 cm³/mol. The van der Waals surface area contributed by atoms with Gasteiger partial charge in [0.15, 0.2) is 6.61 Å². The molecule has 0 amide bonds. The Bertz CT molecular complexity index is 805. The molecule has 0 aliphatic rings. The van der Waals surface area contributed by atoms with Crippen LogP contribution in [0.1, 0.15) is 15.9 Å². The van der Waals surface area contributed by atoms with Crippen molar-refractivity contribution in [2.24, 2.45) is 0 Å². The fourth-order valence-corrected chi connectivity index (χ4v) is 2.14. The molecule has 0 atom stereocenters. The summed E-state index contributed by atoms with van der Waals surface area (Å²) in [5, 5.41) is 0.752. The molecule has 3 aromatic rings. The number of benzene rings is 2. The Balaban J connectivity index is 1.79. The Kier molecular flexibility index (Phi) is 3.44. The van der Waals surface area contributed by atoms with Crippen molar-refractivity contribution in [3.05, 3.63) is 65.7 Å². The first-order valence-corrected chi connectivity index (χ1v) is 6.53. The van der Waals surface area contributed by atoms with E-state index in [-0.39, 0.29) is 12.4 Å². The fraction of sp³-hybridized carbons (Fsp3) is 0.118. The van der Waals surface area contributed by atoms with Gasteiger partial charge in [-0.25, -0.2) is 4.39 Å². The van der Waals surface area contributed by atoms with Crippen molar-refractivity contribution in [2.45, 2.75) is 6.92 Å². The van der Waals surface area contributed by atoms with E-state index in [0.29, 0.717) is 16.9 Å². The molecule has 0 unspecified atom stereocenters. The Hall–Kier alpha value is -2.62. The van der Waals surface area contributed by atoms with Crippen LogP contribution < -0.4 is 4.74 Å². The smallest absolute Gasteiger partial charge is 0.204 e. The van der Waals surface area contributed by atoms with E-state index in [1.54, 1.807) is 19.1 Å². The molecule has 2 aromatic carbocycles. The lowest BCUT2D eigenvalue weighted by Gasteiger charge is -2.07. The van der Waals surface area contributed by atoms with Crippen molar-refractivity contribution in [2.75, 3.05) is 6.61 Å². The zero-order chi connectivity index (χ0) is 14.8. The average molecular weight is 284 g/mol. The monoisotopic (exact) mass is 284 g/mol. The quantitative estimate of drug-likeness (QED) is 0.676. The topological polar surface area (TPSA) is 39.4 Å². The molecular formula is C17H13FO3. The Morgan fingerprint density at radius 3 is 2.90 bits per heavy atom. The minimum atomic E-state index is -0.392. The second-order valence-electron chi connectivity index (χ2n) is 4.77. The second kappa shape index (κ2) is 5.40. The first kappa shape index (κ1) is 13.4. The average Bonchev–Trinajstić information content (AvgIpc) is 2.92. The summed E-state index contributed by atoms with van der Waals surface area (Å²) in [6.45, 7) is 1.64. The number of furan rings is 1. The number of carbonyl (C=O) groups excluding carboxylic acids is 1. The van der Waals surface area contributed by atoms with Crippen LogP contribution in [0.2, 0.25) is 0 Å². The van der Waals surface area contributed by atoms with Gasteiger partial charge in [-0.3, -0.25) is 4.79 Å². The van der Waals surface area contributed by atoms with Gasteiger partial charge in [-0.15, -0.1) is 0 Å². The highest BCUT2D eigenvalue weighted by atomic mass is 19.1. The van der Waals surface area contributed by atoms with E-state index in [0.717, 1.165) is 10.9 Å². The van der Waals surface area contributed by atoms with Gasteiger partial charge in [0.25, 0.3) is 0 Å². The molecule has 4 heteroatoms. The van der Waals surface area contributed by atoms with Crippen molar-refractivity contribution in [3.8, 4) is 5.75 Å². The molecule has 0 bridgehead atoms. The zero-order valence-electron chi connectivity index (χ0n) is 11.4. The van der Waals surface area contributed by atoms with E-state index < -0.39 is 5.82 Å². The molecule has 3 rings (SSSR count). The number of ketones is 1. The zero-order valence-corrected chi connectivity index (χ0v) is 11.4. The van der Waals surface area contributed by atoms with Gasteiger partial charge in [-0.05, 0) is 24.6 Å². The first-order chi connectivity index (χ1) is 10.1. The maximum atomic E-state index is 13.2. The van der Waals surface area contributed by atoms with Crippen LogP contribution >= 0.6 is 0 Å². The van der Waals surface area contributed by atoms with E-state index in [4.69, 9.17) is 9.15 Å². The van der Waals surface area contributed by atoms with Gasteiger partial charge < -0.3 is 9.15 Å². The van der Waals surface area contributed by atoms with Gasteiger partial charge in [-0.2, -0.15) is 0 Å². The Labute approximate surface area is 120 Å². The lowest BCUT2D eigenvalue weighted by Crippen LogP contribution is -2.11. The molecule has 21 heavy (non-hydrogen) atoms. The van der Waals surface area contributed by atoms with Gasteiger partial charge in [0.05, 0.1) is 5.56 Å². The van der Waals surface area contributed by atoms with Crippen molar-refractivity contribution in [3.63, 3.8) is 0 Å². The number of fused-ring (bicyclic) bond motifs is 1. The normalized spacial score (nSPS) is 10.8. The SMILES string of the molecule is Cc1ccc(F)cc1OCC(=O)c1coc2ccccc12. The molecule has 1 heterocycles. The maximum absolute atomic E-state index is 13.2. The third-order valence-electron chi connectivity index (χ3n) is 3.29. The van der Waals surface area contributed by atoms with E-state index in [1.807, 2.05) is 18.2 Å². The van der Waals surface area contributed by atoms with E-state index in [1.165, 1.54) is 18.4 Å². The second-order valence-corrected chi connectivity index (χ2v) is 4.77. The molecule has 3 nitrogen and oxygen atoms in total. The minimum absolute atomic E-state index is 0.159. The molecule has 0 radical (unpaired) electrons. The van der Waals surface area contributed by atoms with Crippen LogP contribution in [0.5, 0.6) is 5.75 Å². The number of halogens is 1. The van der Waals surface area contributed by atoms with Crippen LogP contribution in [0, 0.1) is 12.7 Å². The molecule has 0 saturated carbocycles. The van der Waals surface area contributed by atoms with Gasteiger partial charge >= 0.3 is 0 Å². The molecule has 1 aromatic heterocycles. The number of ether oxygens (including phenoxy) is 1. The number of rotatable bonds is 4. The van der Waals surface area contributed by atoms with Gasteiger partial charge in [-0.1, -0.05) is 24.3 Å². The molecular weight excluding hydrogens is 271 g/mol. The maximum Gasteiger partial charge on any atom is 0.204 e. The van der Waals surface area contributed by atoms with Gasteiger partial charge in [0, 0.05) is 11.5 Å². The molecule has 0 N–H and O–H groups in total. The number of Topliss-reactive ketones (excluding diaryl/α,β-unsaturated/α-hetero) is 1. The van der Waals surface area contributed by atoms with Crippen LogP contribution in [0.25, 0.3) is 11.0 Å². The number of hydrogen-bond donors (Lipinski definition) is 0. The van der Waals surface area contributed by atoms with E-state index in [9.17, 15) is 9.18 Å². The highest BCUT2D eigenvalue weighted by molar-refractivity contribution is 6.07. The summed E-state index contributed by atoms with van der Waals surface area (Å²) in [5.74, 6) is -0.225. The van der Waals surface area contributed by atoms with Crippen LogP contribution in [0.3, 0.4) is 0 Å². The standard InChI is InChI=1S/C17H13FO3/c1-11-6-7-12(18)8-17(11)21-10-15(19)14-9-20-16-5-3-2-4-13(14)16/h2-9H,10H2,1H3. The molecule has 106 valence electrons.